The summed E-state index contributed by atoms with van der Waals surface area (Å²) in [7, 11) is 1.36. The topological polar surface area (TPSA) is 117 Å². The third-order valence-corrected chi connectivity index (χ3v) is 8.35. The summed E-state index contributed by atoms with van der Waals surface area (Å²) in [6.45, 7) is 0.455. The summed E-state index contributed by atoms with van der Waals surface area (Å²) in [4.78, 5) is 13.2. The van der Waals surface area contributed by atoms with E-state index in [1.807, 2.05) is 84.9 Å². The maximum Gasteiger partial charge on any atom is 0.338 e. The first kappa shape index (κ1) is 25.7. The van der Waals surface area contributed by atoms with Crippen LogP contribution in [0.1, 0.15) is 17.2 Å². The molecular weight excluding hydrogens is 546 g/mol. The highest BCUT2D eigenvalue weighted by Crippen LogP contribution is 2.38. The Labute approximate surface area is 238 Å². The van der Waals surface area contributed by atoms with Gasteiger partial charge in [-0.25, -0.2) is 4.79 Å². The van der Waals surface area contributed by atoms with Gasteiger partial charge in [0.25, 0.3) is 0 Å². The minimum absolute atomic E-state index is 0.412. The minimum Gasteiger partial charge on any atom is -0.489 e. The monoisotopic (exact) mass is 569 g/mol. The van der Waals surface area contributed by atoms with Gasteiger partial charge in [-0.1, -0.05) is 101 Å². The van der Waals surface area contributed by atoms with Gasteiger partial charge in [0.2, 0.25) is 5.95 Å². The molecule has 0 aliphatic carbocycles. The van der Waals surface area contributed by atoms with Crippen molar-refractivity contribution in [2.24, 2.45) is 0 Å². The van der Waals surface area contributed by atoms with Crippen LogP contribution in [0.25, 0.3) is 10.6 Å². The molecular formula is C28H23N7O3S2. The number of carbonyl (C=O) groups is 1. The first-order valence-corrected chi connectivity index (χ1v) is 14.1. The summed E-state index contributed by atoms with van der Waals surface area (Å²) in [5, 5.41) is 24.8. The normalized spacial score (nSPS) is 14.4. The summed E-state index contributed by atoms with van der Waals surface area (Å²) in [5.74, 6) is 1.08. The number of methoxy groups -OCH3 is 1. The molecule has 0 saturated carbocycles. The number of fused-ring (bicyclic) bond motifs is 1. The molecule has 0 spiro atoms. The number of hydrogen-bond donors (Lipinski definition) is 1. The zero-order valence-corrected chi connectivity index (χ0v) is 22.9. The summed E-state index contributed by atoms with van der Waals surface area (Å²) in [6.07, 6.45) is 0. The Morgan fingerprint density at radius 2 is 1.73 bits per heavy atom. The number of ether oxygens (including phenoxy) is 2. The van der Waals surface area contributed by atoms with E-state index in [0.29, 0.717) is 35.3 Å². The largest absolute Gasteiger partial charge is 0.489 e. The fraction of sp³-hybridized carbons (Fsp3) is 0.143. The predicted octanol–water partition coefficient (Wildman–Crippen LogP) is 5.00. The molecule has 6 rings (SSSR count). The summed E-state index contributed by atoms with van der Waals surface area (Å²) in [5.41, 5.74) is 3.96. The van der Waals surface area contributed by atoms with Gasteiger partial charge in [-0.3, -0.25) is 0 Å². The van der Waals surface area contributed by atoms with Gasteiger partial charge in [-0.05, 0) is 33.7 Å². The molecule has 0 fully saturated rings. The predicted molar refractivity (Wildman–Crippen MR) is 152 cm³/mol. The van der Waals surface area contributed by atoms with Crippen LogP contribution in [0.4, 0.5) is 5.95 Å². The molecule has 1 unspecified atom stereocenters. The van der Waals surface area contributed by atoms with Gasteiger partial charge in [0, 0.05) is 17.0 Å². The van der Waals surface area contributed by atoms with Crippen LogP contribution >= 0.6 is 23.1 Å². The van der Waals surface area contributed by atoms with Crippen LogP contribution in [0.5, 0.6) is 5.75 Å². The van der Waals surface area contributed by atoms with Crippen molar-refractivity contribution < 1.29 is 14.3 Å². The zero-order valence-electron chi connectivity index (χ0n) is 21.3. The molecule has 1 aliphatic heterocycles. The highest BCUT2D eigenvalue weighted by molar-refractivity contribution is 8.01. The fourth-order valence-corrected chi connectivity index (χ4v) is 6.12. The average molecular weight is 570 g/mol. The van der Waals surface area contributed by atoms with Crippen LogP contribution < -0.4 is 10.1 Å². The molecule has 3 aromatic carbocycles. The van der Waals surface area contributed by atoms with E-state index in [2.05, 4.69) is 31.0 Å². The van der Waals surface area contributed by atoms with Gasteiger partial charge in [-0.15, -0.1) is 10.2 Å². The lowest BCUT2D eigenvalue weighted by Crippen LogP contribution is -2.30. The van der Waals surface area contributed by atoms with E-state index in [9.17, 15) is 4.79 Å². The van der Waals surface area contributed by atoms with E-state index < -0.39 is 12.0 Å². The van der Waals surface area contributed by atoms with Crippen LogP contribution in [0.3, 0.4) is 0 Å². The van der Waals surface area contributed by atoms with E-state index in [1.54, 1.807) is 4.68 Å². The van der Waals surface area contributed by atoms with Crippen LogP contribution in [-0.2, 0) is 16.1 Å². The minimum atomic E-state index is -0.591. The maximum absolute atomic E-state index is 13.2. The van der Waals surface area contributed by atoms with E-state index in [4.69, 9.17) is 9.47 Å². The van der Waals surface area contributed by atoms with Crippen LogP contribution in [0.2, 0.25) is 0 Å². The lowest BCUT2D eigenvalue weighted by Gasteiger charge is -2.28. The van der Waals surface area contributed by atoms with Gasteiger partial charge in [-0.2, -0.15) is 4.68 Å². The van der Waals surface area contributed by atoms with Gasteiger partial charge >= 0.3 is 5.97 Å². The third kappa shape index (κ3) is 5.44. The van der Waals surface area contributed by atoms with Crippen molar-refractivity contribution in [1.82, 2.24) is 30.4 Å². The third-order valence-electron chi connectivity index (χ3n) is 6.22. The molecule has 1 N–H and O–H groups in total. The number of hydrogen-bond acceptors (Lipinski definition) is 11. The number of thioether (sulfide) groups is 1. The SMILES string of the molecule is COC(=O)C1=C(CSc2nnc(-c3ccccc3)s2)Nc2nnnn2C1c1ccc(OCc2ccccc2)cc1. The molecule has 0 radical (unpaired) electrons. The second-order valence-corrected chi connectivity index (χ2v) is 10.9. The van der Waals surface area contributed by atoms with Crippen molar-refractivity contribution >= 4 is 35.0 Å². The number of nitrogens with zero attached hydrogens (tertiary/aromatic N) is 6. The lowest BCUT2D eigenvalue weighted by molar-refractivity contribution is -0.136. The number of nitrogens with one attached hydrogen (secondary N) is 1. The van der Waals surface area contributed by atoms with Crippen molar-refractivity contribution in [2.75, 3.05) is 18.2 Å². The molecule has 0 bridgehead atoms. The molecule has 5 aromatic rings. The maximum atomic E-state index is 13.2. The second-order valence-electron chi connectivity index (χ2n) is 8.73. The number of benzene rings is 3. The van der Waals surface area contributed by atoms with Crippen LogP contribution in [0.15, 0.2) is 101 Å². The van der Waals surface area contributed by atoms with Gasteiger partial charge in [0.1, 0.15) is 23.4 Å². The fourth-order valence-electron chi connectivity index (χ4n) is 4.29. The van der Waals surface area contributed by atoms with Crippen LogP contribution in [0, 0.1) is 0 Å². The standard InChI is InChI=1S/C28H23N7O3S2/c1-37-26(36)23-22(17-39-28-32-30-25(40-28)20-10-6-3-7-11-20)29-27-31-33-34-35(27)24(23)19-12-14-21(15-13-19)38-16-18-8-4-2-5-9-18/h2-15,24H,16-17H2,1H3,(H,29,31,34). The number of esters is 1. The first-order valence-electron chi connectivity index (χ1n) is 12.3. The molecule has 2 aromatic heterocycles. The molecule has 1 atom stereocenters. The Morgan fingerprint density at radius 3 is 2.48 bits per heavy atom. The molecule has 3 heterocycles. The average Bonchev–Trinajstić information content (AvgIpc) is 3.69. The molecule has 0 amide bonds. The van der Waals surface area contributed by atoms with E-state index in [1.165, 1.54) is 30.2 Å². The van der Waals surface area contributed by atoms with Gasteiger partial charge < -0.3 is 14.8 Å². The summed E-state index contributed by atoms with van der Waals surface area (Å²) in [6, 6.07) is 26.8. The summed E-state index contributed by atoms with van der Waals surface area (Å²) >= 11 is 2.97. The molecule has 200 valence electrons. The van der Waals surface area contributed by atoms with E-state index in [-0.39, 0.29) is 0 Å². The quantitative estimate of drug-likeness (QED) is 0.192. The van der Waals surface area contributed by atoms with Gasteiger partial charge in [0.05, 0.1) is 12.7 Å². The highest BCUT2D eigenvalue weighted by Gasteiger charge is 2.36. The number of anilines is 1. The van der Waals surface area contributed by atoms with Crippen molar-refractivity contribution in [3.63, 3.8) is 0 Å². The highest BCUT2D eigenvalue weighted by atomic mass is 32.2. The second kappa shape index (κ2) is 11.7. The molecule has 40 heavy (non-hydrogen) atoms. The zero-order chi connectivity index (χ0) is 27.3. The summed E-state index contributed by atoms with van der Waals surface area (Å²) < 4.78 is 13.5. The van der Waals surface area contributed by atoms with Crippen molar-refractivity contribution in [2.45, 2.75) is 17.0 Å². The van der Waals surface area contributed by atoms with Crippen molar-refractivity contribution in [3.05, 3.63) is 107 Å². The van der Waals surface area contributed by atoms with Crippen molar-refractivity contribution in [1.29, 1.82) is 0 Å². The van der Waals surface area contributed by atoms with E-state index in [0.717, 1.165) is 26.0 Å². The molecule has 1 aliphatic rings. The Balaban J connectivity index is 1.26. The molecule has 10 nitrogen and oxygen atoms in total. The smallest absolute Gasteiger partial charge is 0.338 e. The van der Waals surface area contributed by atoms with Gasteiger partial charge in [0.15, 0.2) is 4.34 Å². The van der Waals surface area contributed by atoms with Crippen molar-refractivity contribution in [3.8, 4) is 16.3 Å². The number of tetrazole rings is 1. The number of rotatable bonds is 9. The number of carbonyl (C=O) groups excluding carboxylic acids is 1. The van der Waals surface area contributed by atoms with E-state index >= 15 is 0 Å². The molecule has 0 saturated heterocycles. The Kier molecular flexibility index (Phi) is 7.51. The van der Waals surface area contributed by atoms with Crippen LogP contribution in [-0.4, -0.2) is 49.2 Å². The lowest BCUT2D eigenvalue weighted by atomic mass is 9.95. The Bertz CT molecular complexity index is 1640. The first-order chi connectivity index (χ1) is 19.7. The number of aromatic nitrogens is 6. The molecule has 12 heteroatoms. The Morgan fingerprint density at radius 1 is 0.975 bits per heavy atom. The Hall–Kier alpha value is -4.55.